The average Bonchev–Trinajstić information content (AvgIpc) is 2.83. The lowest BCUT2D eigenvalue weighted by atomic mass is 10.1. The van der Waals surface area contributed by atoms with Crippen molar-refractivity contribution in [2.75, 3.05) is 0 Å². The Balaban J connectivity index is 1.87. The van der Waals surface area contributed by atoms with Crippen LogP contribution in [-0.4, -0.2) is 18.1 Å². The molecule has 1 aromatic carbocycles. The van der Waals surface area contributed by atoms with Crippen LogP contribution in [0.3, 0.4) is 0 Å². The first-order valence-electron chi connectivity index (χ1n) is 6.11. The van der Waals surface area contributed by atoms with Crippen LogP contribution in [0, 0.1) is 11.3 Å². The molecule has 1 saturated heterocycles. The summed E-state index contributed by atoms with van der Waals surface area (Å²) >= 11 is 0. The van der Waals surface area contributed by atoms with Crippen molar-refractivity contribution >= 4 is 5.91 Å². The molecule has 0 bridgehead atoms. The predicted molar refractivity (Wildman–Crippen MR) is 66.6 cm³/mol. The molecule has 1 fully saturated rings. The van der Waals surface area contributed by atoms with Crippen LogP contribution in [0.1, 0.15) is 30.9 Å². The molecule has 1 amide bonds. The minimum absolute atomic E-state index is 0.0679. The van der Waals surface area contributed by atoms with Gasteiger partial charge in [0.15, 0.2) is 0 Å². The maximum Gasteiger partial charge on any atom is 0.249 e. The number of benzene rings is 1. The number of nitrogens with zero attached hydrogens (tertiary/aromatic N) is 1. The van der Waals surface area contributed by atoms with E-state index >= 15 is 0 Å². The van der Waals surface area contributed by atoms with Crippen molar-refractivity contribution in [1.29, 1.82) is 5.26 Å². The number of nitriles is 1. The lowest BCUT2D eigenvalue weighted by Gasteiger charge is -2.11. The van der Waals surface area contributed by atoms with Crippen molar-refractivity contribution in [2.24, 2.45) is 0 Å². The highest BCUT2D eigenvalue weighted by Crippen LogP contribution is 2.19. The number of rotatable bonds is 3. The molecule has 0 radical (unpaired) electrons. The Kier molecular flexibility index (Phi) is 3.96. The normalized spacial score (nSPS) is 22.4. The highest BCUT2D eigenvalue weighted by Gasteiger charge is 2.27. The fourth-order valence-electron chi connectivity index (χ4n) is 2.05. The van der Waals surface area contributed by atoms with Gasteiger partial charge in [-0.25, -0.2) is 0 Å². The third-order valence-electron chi connectivity index (χ3n) is 3.05. The van der Waals surface area contributed by atoms with Crippen LogP contribution in [0.15, 0.2) is 24.3 Å². The Bertz CT molecular complexity index is 479. The summed E-state index contributed by atoms with van der Waals surface area (Å²) in [6.45, 7) is 2.41. The number of amides is 1. The van der Waals surface area contributed by atoms with Gasteiger partial charge >= 0.3 is 0 Å². The Morgan fingerprint density at radius 3 is 3.06 bits per heavy atom. The minimum atomic E-state index is -0.320. The predicted octanol–water partition coefficient (Wildman–Crippen LogP) is 1.74. The third-order valence-corrected chi connectivity index (χ3v) is 3.05. The molecule has 0 spiro atoms. The maximum absolute atomic E-state index is 11.8. The average molecular weight is 244 g/mol. The molecule has 1 aliphatic heterocycles. The van der Waals surface area contributed by atoms with Crippen LogP contribution < -0.4 is 5.32 Å². The monoisotopic (exact) mass is 244 g/mol. The van der Waals surface area contributed by atoms with E-state index in [0.29, 0.717) is 12.1 Å². The van der Waals surface area contributed by atoms with E-state index in [1.165, 1.54) is 0 Å². The quantitative estimate of drug-likeness (QED) is 0.881. The zero-order valence-electron chi connectivity index (χ0n) is 10.3. The van der Waals surface area contributed by atoms with Gasteiger partial charge in [-0.3, -0.25) is 4.79 Å². The fourth-order valence-corrected chi connectivity index (χ4v) is 2.05. The molecule has 2 unspecified atom stereocenters. The highest BCUT2D eigenvalue weighted by atomic mass is 16.5. The van der Waals surface area contributed by atoms with E-state index in [1.807, 2.05) is 19.1 Å². The topological polar surface area (TPSA) is 62.1 Å². The van der Waals surface area contributed by atoms with Gasteiger partial charge in [0, 0.05) is 6.54 Å². The molecule has 4 nitrogen and oxygen atoms in total. The van der Waals surface area contributed by atoms with Gasteiger partial charge in [0.25, 0.3) is 0 Å². The molecule has 1 N–H and O–H groups in total. The van der Waals surface area contributed by atoms with Crippen LogP contribution in [0.2, 0.25) is 0 Å². The van der Waals surface area contributed by atoms with Gasteiger partial charge in [-0.2, -0.15) is 5.26 Å². The van der Waals surface area contributed by atoms with Gasteiger partial charge in [0.05, 0.1) is 17.7 Å². The number of hydrogen-bond acceptors (Lipinski definition) is 3. The second-order valence-corrected chi connectivity index (χ2v) is 4.54. The van der Waals surface area contributed by atoms with Crippen LogP contribution >= 0.6 is 0 Å². The van der Waals surface area contributed by atoms with Gasteiger partial charge in [-0.05, 0) is 37.5 Å². The molecule has 0 aliphatic carbocycles. The Morgan fingerprint density at radius 1 is 1.56 bits per heavy atom. The molecular formula is C14H16N2O2. The van der Waals surface area contributed by atoms with Crippen molar-refractivity contribution in [1.82, 2.24) is 5.32 Å². The van der Waals surface area contributed by atoms with Crippen molar-refractivity contribution < 1.29 is 9.53 Å². The molecule has 2 rings (SSSR count). The lowest BCUT2D eigenvalue weighted by molar-refractivity contribution is -0.131. The fraction of sp³-hybridized carbons (Fsp3) is 0.429. The first-order valence-corrected chi connectivity index (χ1v) is 6.11. The van der Waals surface area contributed by atoms with E-state index < -0.39 is 0 Å². The Hall–Kier alpha value is -1.86. The molecule has 0 saturated carbocycles. The zero-order chi connectivity index (χ0) is 13.0. The molecule has 1 aliphatic rings. The molecule has 94 valence electrons. The summed E-state index contributed by atoms with van der Waals surface area (Å²) in [4.78, 5) is 11.8. The molecule has 0 aromatic heterocycles. The standard InChI is InChI=1S/C14H16N2O2/c1-10-5-6-13(18-10)14(17)16-9-12-4-2-3-11(7-12)8-15/h2-4,7,10,13H,5-6,9H2,1H3,(H,16,17). The summed E-state index contributed by atoms with van der Waals surface area (Å²) in [5.41, 5.74) is 1.53. The molecule has 1 aromatic rings. The van der Waals surface area contributed by atoms with Crippen LogP contribution in [0.4, 0.5) is 0 Å². The number of carbonyl (C=O) groups is 1. The summed E-state index contributed by atoms with van der Waals surface area (Å²) in [6, 6.07) is 9.30. The largest absolute Gasteiger partial charge is 0.365 e. The van der Waals surface area contributed by atoms with Crippen LogP contribution in [0.5, 0.6) is 0 Å². The van der Waals surface area contributed by atoms with Gasteiger partial charge in [-0.1, -0.05) is 12.1 Å². The Morgan fingerprint density at radius 2 is 2.39 bits per heavy atom. The summed E-state index contributed by atoms with van der Waals surface area (Å²) in [7, 11) is 0. The van der Waals surface area contributed by atoms with Crippen molar-refractivity contribution in [3.63, 3.8) is 0 Å². The van der Waals surface area contributed by atoms with E-state index in [4.69, 9.17) is 10.00 Å². The van der Waals surface area contributed by atoms with E-state index in [2.05, 4.69) is 11.4 Å². The van der Waals surface area contributed by atoms with Gasteiger partial charge in [0.2, 0.25) is 5.91 Å². The number of hydrogen-bond donors (Lipinski definition) is 1. The summed E-state index contributed by atoms with van der Waals surface area (Å²) in [5.74, 6) is -0.0679. The smallest absolute Gasteiger partial charge is 0.249 e. The molecule has 18 heavy (non-hydrogen) atoms. The van der Waals surface area contributed by atoms with Gasteiger partial charge in [-0.15, -0.1) is 0 Å². The molecular weight excluding hydrogens is 228 g/mol. The second kappa shape index (κ2) is 5.65. The van der Waals surface area contributed by atoms with Gasteiger partial charge < -0.3 is 10.1 Å². The number of carbonyl (C=O) groups excluding carboxylic acids is 1. The molecule has 4 heteroatoms. The van der Waals surface area contributed by atoms with Gasteiger partial charge in [0.1, 0.15) is 6.10 Å². The number of ether oxygens (including phenoxy) is 1. The highest BCUT2D eigenvalue weighted by molar-refractivity contribution is 5.81. The SMILES string of the molecule is CC1CCC(C(=O)NCc2cccc(C#N)c2)O1. The van der Waals surface area contributed by atoms with E-state index in [-0.39, 0.29) is 18.1 Å². The van der Waals surface area contributed by atoms with Crippen LogP contribution in [-0.2, 0) is 16.1 Å². The lowest BCUT2D eigenvalue weighted by Crippen LogP contribution is -2.34. The zero-order valence-corrected chi connectivity index (χ0v) is 10.3. The van der Waals surface area contributed by atoms with E-state index in [9.17, 15) is 4.79 Å². The first kappa shape index (κ1) is 12.6. The number of nitrogens with one attached hydrogen (secondary N) is 1. The maximum atomic E-state index is 11.8. The van der Waals surface area contributed by atoms with Crippen LogP contribution in [0.25, 0.3) is 0 Å². The van der Waals surface area contributed by atoms with Crippen molar-refractivity contribution in [2.45, 2.75) is 38.5 Å². The van der Waals surface area contributed by atoms with Crippen molar-refractivity contribution in [3.8, 4) is 6.07 Å². The second-order valence-electron chi connectivity index (χ2n) is 4.54. The Labute approximate surface area is 107 Å². The van der Waals surface area contributed by atoms with E-state index in [0.717, 1.165) is 18.4 Å². The summed E-state index contributed by atoms with van der Waals surface area (Å²) in [6.07, 6.45) is 1.56. The van der Waals surface area contributed by atoms with Crippen molar-refractivity contribution in [3.05, 3.63) is 35.4 Å². The molecule has 2 atom stereocenters. The summed E-state index contributed by atoms with van der Waals surface area (Å²) < 4.78 is 5.49. The summed E-state index contributed by atoms with van der Waals surface area (Å²) in [5, 5.41) is 11.6. The molecule has 1 heterocycles. The first-order chi connectivity index (χ1) is 8.69. The van der Waals surface area contributed by atoms with E-state index in [1.54, 1.807) is 12.1 Å². The third kappa shape index (κ3) is 3.08. The minimum Gasteiger partial charge on any atom is -0.365 e.